The van der Waals surface area contributed by atoms with E-state index in [2.05, 4.69) is 15.5 Å². The maximum absolute atomic E-state index is 12.7. The van der Waals surface area contributed by atoms with E-state index in [9.17, 15) is 9.59 Å². The molecule has 2 N–H and O–H groups in total. The molecule has 28 heavy (non-hydrogen) atoms. The number of ether oxygens (including phenoxy) is 1. The van der Waals surface area contributed by atoms with Gasteiger partial charge in [0.1, 0.15) is 0 Å². The van der Waals surface area contributed by atoms with Crippen molar-refractivity contribution in [3.63, 3.8) is 0 Å². The number of carbonyl (C=O) groups is 2. The number of nitrogens with one attached hydrogen (secondary N) is 2. The first kappa shape index (κ1) is 22.2. The maximum Gasteiger partial charge on any atom is 0.317 e. The highest BCUT2D eigenvalue weighted by molar-refractivity contribution is 5.92. The number of carbonyl (C=O) groups excluding carboxylic acids is 2. The van der Waals surface area contributed by atoms with Gasteiger partial charge in [-0.25, -0.2) is 4.79 Å². The number of anilines is 1. The first-order chi connectivity index (χ1) is 13.3. The van der Waals surface area contributed by atoms with Gasteiger partial charge >= 0.3 is 6.03 Å². The summed E-state index contributed by atoms with van der Waals surface area (Å²) in [6, 6.07) is 7.48. The summed E-state index contributed by atoms with van der Waals surface area (Å²) >= 11 is 0. The molecule has 156 valence electrons. The van der Waals surface area contributed by atoms with Crippen molar-refractivity contribution in [2.75, 3.05) is 45.7 Å². The Labute approximate surface area is 168 Å². The lowest BCUT2D eigenvalue weighted by molar-refractivity contribution is -0.118. The molecule has 1 aliphatic heterocycles. The SMILES string of the molecule is CC(C)C(=O)Nc1ccc(CNC(=O)N(CCN(C)C)C[C@H]2CCCO2)cc1. The van der Waals surface area contributed by atoms with Crippen molar-refractivity contribution in [2.24, 2.45) is 5.92 Å². The minimum atomic E-state index is -0.0745. The predicted molar refractivity (Wildman–Crippen MR) is 111 cm³/mol. The third-order valence-corrected chi connectivity index (χ3v) is 4.74. The summed E-state index contributed by atoms with van der Waals surface area (Å²) in [6.07, 6.45) is 2.21. The summed E-state index contributed by atoms with van der Waals surface area (Å²) in [5.74, 6) is -0.0670. The predicted octanol–water partition coefficient (Wildman–Crippen LogP) is 2.53. The molecule has 7 heteroatoms. The third-order valence-electron chi connectivity index (χ3n) is 4.74. The number of hydrogen-bond donors (Lipinski definition) is 2. The summed E-state index contributed by atoms with van der Waals surface area (Å²) in [6.45, 7) is 7.05. The fraction of sp³-hybridized carbons (Fsp3) is 0.619. The maximum atomic E-state index is 12.7. The molecule has 0 aromatic heterocycles. The number of nitrogens with zero attached hydrogens (tertiary/aromatic N) is 2. The monoisotopic (exact) mass is 390 g/mol. The van der Waals surface area contributed by atoms with E-state index in [1.807, 2.05) is 57.1 Å². The van der Waals surface area contributed by atoms with Gasteiger partial charge in [-0.2, -0.15) is 0 Å². The first-order valence-corrected chi connectivity index (χ1v) is 10.0. The normalized spacial score (nSPS) is 16.4. The van der Waals surface area contributed by atoms with Crippen molar-refractivity contribution in [3.8, 4) is 0 Å². The molecule has 0 radical (unpaired) electrons. The fourth-order valence-electron chi connectivity index (χ4n) is 2.91. The van der Waals surface area contributed by atoms with Crippen molar-refractivity contribution < 1.29 is 14.3 Å². The first-order valence-electron chi connectivity index (χ1n) is 10.0. The molecule has 1 aromatic rings. The van der Waals surface area contributed by atoms with Gasteiger partial charge in [0.15, 0.2) is 0 Å². The van der Waals surface area contributed by atoms with Crippen molar-refractivity contribution in [1.82, 2.24) is 15.1 Å². The van der Waals surface area contributed by atoms with Crippen LogP contribution in [-0.2, 0) is 16.1 Å². The molecule has 0 saturated carbocycles. The van der Waals surface area contributed by atoms with Crippen molar-refractivity contribution in [3.05, 3.63) is 29.8 Å². The van der Waals surface area contributed by atoms with Crippen LogP contribution in [0.2, 0.25) is 0 Å². The summed E-state index contributed by atoms with van der Waals surface area (Å²) in [5, 5.41) is 5.87. The smallest absolute Gasteiger partial charge is 0.317 e. The Morgan fingerprint density at radius 2 is 1.89 bits per heavy atom. The van der Waals surface area contributed by atoms with Gasteiger partial charge in [0, 0.05) is 44.4 Å². The zero-order valence-corrected chi connectivity index (χ0v) is 17.5. The molecule has 1 saturated heterocycles. The van der Waals surface area contributed by atoms with E-state index in [4.69, 9.17) is 4.74 Å². The standard InChI is InChI=1S/C21H34N4O3/c1-16(2)20(26)23-18-9-7-17(8-10-18)14-22-21(27)25(12-11-24(3)4)15-19-6-5-13-28-19/h7-10,16,19H,5-6,11-15H2,1-4H3,(H,22,27)(H,23,26)/t19-/m1/s1. The van der Waals surface area contributed by atoms with Crippen LogP contribution in [0.15, 0.2) is 24.3 Å². The van der Waals surface area contributed by atoms with Crippen LogP contribution in [0.25, 0.3) is 0 Å². The van der Waals surface area contributed by atoms with E-state index >= 15 is 0 Å². The van der Waals surface area contributed by atoms with Crippen LogP contribution in [0.5, 0.6) is 0 Å². The lowest BCUT2D eigenvalue weighted by Gasteiger charge is -2.27. The molecule has 1 heterocycles. The van der Waals surface area contributed by atoms with Crippen LogP contribution in [-0.4, -0.2) is 68.2 Å². The number of urea groups is 1. The van der Waals surface area contributed by atoms with Crippen LogP contribution in [0.1, 0.15) is 32.3 Å². The van der Waals surface area contributed by atoms with E-state index in [1.165, 1.54) is 0 Å². The molecule has 0 unspecified atom stereocenters. The van der Waals surface area contributed by atoms with Crippen molar-refractivity contribution >= 4 is 17.6 Å². The number of amides is 3. The van der Waals surface area contributed by atoms with Gasteiger partial charge in [0.2, 0.25) is 5.91 Å². The van der Waals surface area contributed by atoms with Crippen molar-refractivity contribution in [1.29, 1.82) is 0 Å². The average molecular weight is 391 g/mol. The Kier molecular flexibility index (Phi) is 8.73. The highest BCUT2D eigenvalue weighted by Gasteiger charge is 2.22. The van der Waals surface area contributed by atoms with E-state index in [0.717, 1.165) is 37.2 Å². The van der Waals surface area contributed by atoms with Crippen molar-refractivity contribution in [2.45, 2.75) is 39.3 Å². The van der Waals surface area contributed by atoms with E-state index in [1.54, 1.807) is 0 Å². The van der Waals surface area contributed by atoms with Gasteiger partial charge in [-0.1, -0.05) is 26.0 Å². The van der Waals surface area contributed by atoms with Gasteiger partial charge in [0.05, 0.1) is 6.10 Å². The topological polar surface area (TPSA) is 73.9 Å². The molecule has 1 atom stereocenters. The highest BCUT2D eigenvalue weighted by Crippen LogP contribution is 2.14. The molecule has 0 spiro atoms. The zero-order chi connectivity index (χ0) is 20.5. The molecule has 3 amide bonds. The zero-order valence-electron chi connectivity index (χ0n) is 17.5. The Morgan fingerprint density at radius 1 is 1.18 bits per heavy atom. The number of rotatable bonds is 9. The molecule has 7 nitrogen and oxygen atoms in total. The second-order valence-corrected chi connectivity index (χ2v) is 7.88. The Morgan fingerprint density at radius 3 is 2.46 bits per heavy atom. The largest absolute Gasteiger partial charge is 0.376 e. The second kappa shape index (κ2) is 11.0. The van der Waals surface area contributed by atoms with Gasteiger partial charge < -0.3 is 25.2 Å². The van der Waals surface area contributed by atoms with Crippen LogP contribution in [0, 0.1) is 5.92 Å². The summed E-state index contributed by atoms with van der Waals surface area (Å²) in [5.41, 5.74) is 1.75. The van der Waals surface area contributed by atoms with Crippen LogP contribution < -0.4 is 10.6 Å². The number of likely N-dealkylation sites (N-methyl/N-ethyl adjacent to an activating group) is 1. The van der Waals surface area contributed by atoms with E-state index in [-0.39, 0.29) is 24.0 Å². The molecule has 1 aromatic carbocycles. The summed E-state index contributed by atoms with van der Waals surface area (Å²) < 4.78 is 5.69. The van der Waals surface area contributed by atoms with E-state index in [0.29, 0.717) is 19.6 Å². The summed E-state index contributed by atoms with van der Waals surface area (Å²) in [7, 11) is 4.00. The lowest BCUT2D eigenvalue weighted by Crippen LogP contribution is -2.46. The Balaban J connectivity index is 1.86. The molecule has 1 aliphatic rings. The Bertz CT molecular complexity index is 625. The average Bonchev–Trinajstić information content (AvgIpc) is 3.17. The third kappa shape index (κ3) is 7.48. The van der Waals surface area contributed by atoms with Gasteiger partial charge in [0.25, 0.3) is 0 Å². The molecule has 0 aliphatic carbocycles. The quantitative estimate of drug-likeness (QED) is 0.680. The second-order valence-electron chi connectivity index (χ2n) is 7.88. The molecular weight excluding hydrogens is 356 g/mol. The van der Waals surface area contributed by atoms with Crippen LogP contribution in [0.4, 0.5) is 10.5 Å². The van der Waals surface area contributed by atoms with E-state index < -0.39 is 0 Å². The molecule has 1 fully saturated rings. The minimum Gasteiger partial charge on any atom is -0.376 e. The molecule has 0 bridgehead atoms. The highest BCUT2D eigenvalue weighted by atomic mass is 16.5. The number of hydrogen-bond acceptors (Lipinski definition) is 4. The van der Waals surface area contributed by atoms with Gasteiger partial charge in [-0.15, -0.1) is 0 Å². The van der Waals surface area contributed by atoms with Gasteiger partial charge in [-0.3, -0.25) is 4.79 Å². The molecular formula is C21H34N4O3. The number of benzene rings is 1. The molecule has 2 rings (SSSR count). The minimum absolute atomic E-state index is 0.00767. The van der Waals surface area contributed by atoms with Crippen LogP contribution >= 0.6 is 0 Å². The van der Waals surface area contributed by atoms with Gasteiger partial charge in [-0.05, 0) is 44.6 Å². The Hall–Kier alpha value is -2.12. The summed E-state index contributed by atoms with van der Waals surface area (Å²) in [4.78, 5) is 28.3. The fourth-order valence-corrected chi connectivity index (χ4v) is 2.91. The van der Waals surface area contributed by atoms with Crippen LogP contribution in [0.3, 0.4) is 0 Å². The lowest BCUT2D eigenvalue weighted by atomic mass is 10.1.